The number of aliphatic hydroxyl groups excluding tert-OH is 2. The van der Waals surface area contributed by atoms with Crippen molar-refractivity contribution in [1.29, 1.82) is 0 Å². The van der Waals surface area contributed by atoms with Crippen LogP contribution in [0.15, 0.2) is 48.5 Å². The zero-order valence-electron chi connectivity index (χ0n) is 15.1. The number of fused-ring (bicyclic) bond motifs is 1. The van der Waals surface area contributed by atoms with Crippen molar-refractivity contribution < 1.29 is 19.7 Å². The Hall–Kier alpha value is -2.05. The fourth-order valence-corrected chi connectivity index (χ4v) is 4.68. The molecule has 1 saturated heterocycles. The van der Waals surface area contributed by atoms with E-state index in [0.29, 0.717) is 0 Å². The lowest BCUT2D eigenvalue weighted by atomic mass is 9.92. The van der Waals surface area contributed by atoms with Crippen molar-refractivity contribution in [3.8, 4) is 0 Å². The van der Waals surface area contributed by atoms with Gasteiger partial charge in [0, 0.05) is 22.4 Å². The second-order valence-electron chi connectivity index (χ2n) is 7.06. The maximum absolute atomic E-state index is 11.8. The molecule has 2 heterocycles. The molecule has 0 amide bonds. The molecule has 3 atom stereocenters. The van der Waals surface area contributed by atoms with Gasteiger partial charge in [-0.1, -0.05) is 36.4 Å². The third-order valence-electron chi connectivity index (χ3n) is 5.16. The Kier molecular flexibility index (Phi) is 5.10. The summed E-state index contributed by atoms with van der Waals surface area (Å²) in [6, 6.07) is 16.7. The lowest BCUT2D eigenvalue weighted by Gasteiger charge is -2.31. The van der Waals surface area contributed by atoms with Crippen LogP contribution >= 0.6 is 11.3 Å². The Morgan fingerprint density at radius 3 is 2.78 bits per heavy atom. The van der Waals surface area contributed by atoms with Gasteiger partial charge in [-0.05, 0) is 41.1 Å². The van der Waals surface area contributed by atoms with Crippen molar-refractivity contribution in [3.05, 3.63) is 70.1 Å². The van der Waals surface area contributed by atoms with E-state index in [4.69, 9.17) is 4.74 Å². The molecule has 5 heteroatoms. The Bertz CT molecular complexity index is 944. The first-order valence-electron chi connectivity index (χ1n) is 9.10. The molecular formula is C22H22O4S. The van der Waals surface area contributed by atoms with E-state index in [2.05, 4.69) is 49.4 Å². The van der Waals surface area contributed by atoms with Gasteiger partial charge in [0.2, 0.25) is 0 Å². The third-order valence-corrected chi connectivity index (χ3v) is 6.28. The number of Topliss-reactive ketones (excluding diaryl/α,β-unsaturated/α-hetero) is 1. The molecule has 1 fully saturated rings. The van der Waals surface area contributed by atoms with Gasteiger partial charge < -0.3 is 14.9 Å². The van der Waals surface area contributed by atoms with Gasteiger partial charge >= 0.3 is 0 Å². The molecule has 0 unspecified atom stereocenters. The number of hydrogen-bond acceptors (Lipinski definition) is 5. The van der Waals surface area contributed by atoms with Crippen LogP contribution in [0.4, 0.5) is 0 Å². The first-order valence-corrected chi connectivity index (χ1v) is 9.92. The van der Waals surface area contributed by atoms with Gasteiger partial charge in [-0.25, -0.2) is 0 Å². The Labute approximate surface area is 162 Å². The molecule has 140 valence electrons. The molecule has 1 aromatic heterocycles. The molecule has 1 aliphatic heterocycles. The molecule has 4 rings (SSSR count). The Morgan fingerprint density at radius 2 is 2.00 bits per heavy atom. The lowest BCUT2D eigenvalue weighted by molar-refractivity contribution is -0.161. The lowest BCUT2D eigenvalue weighted by Crippen LogP contribution is -2.43. The van der Waals surface area contributed by atoms with Gasteiger partial charge in [0.15, 0.2) is 5.78 Å². The van der Waals surface area contributed by atoms with Crippen LogP contribution in [0.2, 0.25) is 0 Å². The summed E-state index contributed by atoms with van der Waals surface area (Å²) >= 11 is 1.80. The van der Waals surface area contributed by atoms with Gasteiger partial charge in [0.1, 0.15) is 12.2 Å². The third kappa shape index (κ3) is 3.69. The van der Waals surface area contributed by atoms with Crippen molar-refractivity contribution in [1.82, 2.24) is 0 Å². The number of carbonyl (C=O) groups excluding carboxylic acids is 1. The van der Waals surface area contributed by atoms with Crippen molar-refractivity contribution in [2.24, 2.45) is 0 Å². The summed E-state index contributed by atoms with van der Waals surface area (Å²) in [4.78, 5) is 13.1. The first-order chi connectivity index (χ1) is 13.0. The topological polar surface area (TPSA) is 66.8 Å². The normalized spacial score (nSPS) is 23.1. The van der Waals surface area contributed by atoms with Crippen molar-refractivity contribution in [2.45, 2.75) is 38.1 Å². The largest absolute Gasteiger partial charge is 0.393 e. The predicted octanol–water partition coefficient (Wildman–Crippen LogP) is 3.55. The maximum atomic E-state index is 11.8. The number of ether oxygens (including phenoxy) is 1. The van der Waals surface area contributed by atoms with Crippen LogP contribution < -0.4 is 0 Å². The van der Waals surface area contributed by atoms with Gasteiger partial charge in [-0.3, -0.25) is 4.79 Å². The Balaban J connectivity index is 1.60. The van der Waals surface area contributed by atoms with Gasteiger partial charge in [0.25, 0.3) is 0 Å². The Morgan fingerprint density at radius 1 is 1.19 bits per heavy atom. The number of aliphatic hydroxyl groups is 2. The van der Waals surface area contributed by atoms with E-state index in [1.165, 1.54) is 26.1 Å². The molecule has 4 nitrogen and oxygen atoms in total. The molecule has 0 saturated carbocycles. The van der Waals surface area contributed by atoms with Crippen molar-refractivity contribution >= 4 is 27.2 Å². The molecule has 3 aromatic rings. The predicted molar refractivity (Wildman–Crippen MR) is 106 cm³/mol. The second kappa shape index (κ2) is 7.52. The molecule has 2 N–H and O–H groups in total. The fraction of sp³-hybridized carbons (Fsp3) is 0.318. The maximum Gasteiger partial charge on any atom is 0.192 e. The number of aryl methyl sites for hydroxylation is 1. The molecule has 0 spiro atoms. The van der Waals surface area contributed by atoms with E-state index in [0.717, 1.165) is 12.0 Å². The minimum atomic E-state index is -1.09. The summed E-state index contributed by atoms with van der Waals surface area (Å²) in [5.41, 5.74) is 3.33. The fourth-order valence-electron chi connectivity index (χ4n) is 3.60. The highest BCUT2D eigenvalue weighted by Gasteiger charge is 2.36. The van der Waals surface area contributed by atoms with Gasteiger partial charge in [-0.2, -0.15) is 0 Å². The summed E-state index contributed by atoms with van der Waals surface area (Å²) in [5.74, 6) is -0.439. The summed E-state index contributed by atoms with van der Waals surface area (Å²) in [6.45, 7) is 1.68. The molecule has 2 aromatic carbocycles. The van der Waals surface area contributed by atoms with Crippen LogP contribution in [0.3, 0.4) is 0 Å². The van der Waals surface area contributed by atoms with E-state index in [9.17, 15) is 15.0 Å². The van der Waals surface area contributed by atoms with Crippen LogP contribution in [0.1, 0.15) is 34.1 Å². The molecule has 1 aliphatic rings. The van der Waals surface area contributed by atoms with Gasteiger partial charge in [-0.15, -0.1) is 11.3 Å². The molecule has 27 heavy (non-hydrogen) atoms. The van der Waals surface area contributed by atoms with Crippen LogP contribution in [0.25, 0.3) is 10.1 Å². The van der Waals surface area contributed by atoms with Crippen molar-refractivity contribution in [3.63, 3.8) is 0 Å². The van der Waals surface area contributed by atoms with Crippen LogP contribution in [-0.2, 0) is 16.0 Å². The number of thiophene rings is 1. The van der Waals surface area contributed by atoms with Crippen LogP contribution in [0.5, 0.6) is 0 Å². The number of benzene rings is 2. The standard InChI is InChI=1S/C22H22O4S/c1-13-6-7-14(19-11-18(24)22(25)20(12-23)26-19)8-16(13)10-17-9-15-4-2-3-5-21(15)27-17/h2-9,18-20,23-24H,10-12H2,1H3/t18-,19-,20-/m1/s1. The molecule has 0 radical (unpaired) electrons. The first kappa shape index (κ1) is 18.3. The zero-order chi connectivity index (χ0) is 19.0. The monoisotopic (exact) mass is 382 g/mol. The average molecular weight is 382 g/mol. The van der Waals surface area contributed by atoms with E-state index in [-0.39, 0.29) is 6.42 Å². The highest BCUT2D eigenvalue weighted by Crippen LogP contribution is 2.33. The summed E-state index contributed by atoms with van der Waals surface area (Å²) in [7, 11) is 0. The van der Waals surface area contributed by atoms with E-state index in [1.54, 1.807) is 11.3 Å². The summed E-state index contributed by atoms with van der Waals surface area (Å²) in [5, 5.41) is 20.6. The molecular weight excluding hydrogens is 360 g/mol. The SMILES string of the molecule is Cc1ccc([C@H]2C[C@@H](O)C(=O)[C@@H](CO)O2)cc1Cc1cc2ccccc2s1. The smallest absolute Gasteiger partial charge is 0.192 e. The molecule has 0 bridgehead atoms. The highest BCUT2D eigenvalue weighted by atomic mass is 32.1. The second-order valence-corrected chi connectivity index (χ2v) is 8.23. The summed E-state index contributed by atoms with van der Waals surface area (Å²) in [6.07, 6.45) is -1.38. The quantitative estimate of drug-likeness (QED) is 0.724. The number of ketones is 1. The molecule has 0 aliphatic carbocycles. The van der Waals surface area contributed by atoms with E-state index >= 15 is 0 Å². The van der Waals surface area contributed by atoms with E-state index < -0.39 is 30.7 Å². The highest BCUT2D eigenvalue weighted by molar-refractivity contribution is 7.19. The number of hydrogen-bond donors (Lipinski definition) is 2. The number of carbonyl (C=O) groups is 1. The minimum absolute atomic E-state index is 0.223. The van der Waals surface area contributed by atoms with E-state index in [1.807, 2.05) is 6.07 Å². The summed E-state index contributed by atoms with van der Waals surface area (Å²) < 4.78 is 7.02. The zero-order valence-corrected chi connectivity index (χ0v) is 15.9. The van der Waals surface area contributed by atoms with Crippen LogP contribution in [-0.4, -0.2) is 34.8 Å². The van der Waals surface area contributed by atoms with Gasteiger partial charge in [0.05, 0.1) is 12.7 Å². The number of rotatable bonds is 4. The minimum Gasteiger partial charge on any atom is -0.393 e. The average Bonchev–Trinajstić information content (AvgIpc) is 3.08. The van der Waals surface area contributed by atoms with Crippen LogP contribution in [0, 0.1) is 6.92 Å². The van der Waals surface area contributed by atoms with Crippen molar-refractivity contribution in [2.75, 3.05) is 6.61 Å².